The Morgan fingerprint density at radius 2 is 0.977 bits per heavy atom. The van der Waals surface area contributed by atoms with Gasteiger partial charge in [-0.1, -0.05) is 60.7 Å². The van der Waals surface area contributed by atoms with Crippen molar-refractivity contribution in [2.45, 2.75) is 22.0 Å². The van der Waals surface area contributed by atoms with Crippen molar-refractivity contribution < 1.29 is 35.8 Å². The third kappa shape index (κ3) is 6.60. The van der Waals surface area contributed by atoms with E-state index in [1.54, 1.807) is 24.3 Å². The molecule has 0 aromatic heterocycles. The summed E-state index contributed by atoms with van der Waals surface area (Å²) in [6.07, 6.45) is -0.908. The second kappa shape index (κ2) is 13.2. The lowest BCUT2D eigenvalue weighted by Gasteiger charge is -2.33. The van der Waals surface area contributed by atoms with Gasteiger partial charge in [-0.2, -0.15) is 8.61 Å². The van der Waals surface area contributed by atoms with Crippen molar-refractivity contribution in [2.75, 3.05) is 52.6 Å². The van der Waals surface area contributed by atoms with Crippen LogP contribution in [-0.4, -0.2) is 90.3 Å². The standard InChI is InChI=1S/C32H34N2O8S2/c35-43(36,33-17-19-39-27(21-33)23-41-25-9-3-1-4-10-25)31-15-7-14-30-29(31)13-8-16-32(30)44(37,38)34-18-20-40-28(22-34)24-42-26-11-5-2-6-12-26/h1-16,27-28H,17-24H2/t27-,28-/m1/s1. The molecule has 0 aliphatic carbocycles. The smallest absolute Gasteiger partial charge is 0.243 e. The van der Waals surface area contributed by atoms with E-state index in [9.17, 15) is 16.8 Å². The highest BCUT2D eigenvalue weighted by Crippen LogP contribution is 2.32. The summed E-state index contributed by atoms with van der Waals surface area (Å²) in [7, 11) is -7.96. The summed E-state index contributed by atoms with van der Waals surface area (Å²) >= 11 is 0. The van der Waals surface area contributed by atoms with Gasteiger partial charge in [0, 0.05) is 37.0 Å². The molecule has 0 saturated carbocycles. The molecular weight excluding hydrogens is 604 g/mol. The summed E-state index contributed by atoms with van der Waals surface area (Å²) in [6, 6.07) is 28.0. The number of sulfonamides is 2. The quantitative estimate of drug-likeness (QED) is 0.258. The van der Waals surface area contributed by atoms with Crippen LogP contribution in [0.15, 0.2) is 107 Å². The van der Waals surface area contributed by atoms with E-state index >= 15 is 0 Å². The molecule has 0 bridgehead atoms. The average molecular weight is 639 g/mol. The van der Waals surface area contributed by atoms with Gasteiger partial charge in [-0.15, -0.1) is 0 Å². The third-order valence-corrected chi connectivity index (χ3v) is 11.5. The minimum atomic E-state index is -3.98. The second-order valence-corrected chi connectivity index (χ2v) is 14.4. The molecule has 2 atom stereocenters. The average Bonchev–Trinajstić information content (AvgIpc) is 3.07. The number of ether oxygens (including phenoxy) is 4. The monoisotopic (exact) mass is 638 g/mol. The molecule has 0 unspecified atom stereocenters. The SMILES string of the molecule is O=S(=O)(c1cccc2c(S(=O)(=O)N3CCO[C@@H](COc4ccccc4)C3)cccc12)N1CCO[C@@H](COc2ccccc2)C1. The molecule has 2 aliphatic heterocycles. The lowest BCUT2D eigenvalue weighted by Crippen LogP contribution is -2.47. The maximum atomic E-state index is 14.0. The molecule has 2 heterocycles. The van der Waals surface area contributed by atoms with Gasteiger partial charge in [0.15, 0.2) is 0 Å². The predicted molar refractivity (Wildman–Crippen MR) is 165 cm³/mol. The second-order valence-electron chi connectivity index (χ2n) is 10.6. The molecule has 4 aromatic carbocycles. The summed E-state index contributed by atoms with van der Waals surface area (Å²) in [5.74, 6) is 1.35. The zero-order valence-electron chi connectivity index (χ0n) is 24.0. The third-order valence-electron chi connectivity index (χ3n) is 7.64. The molecule has 232 valence electrons. The Hall–Kier alpha value is -3.52. The molecular formula is C32H34N2O8S2. The molecule has 44 heavy (non-hydrogen) atoms. The van der Waals surface area contributed by atoms with E-state index in [0.717, 1.165) is 0 Å². The molecule has 0 amide bonds. The molecule has 2 aliphatic rings. The predicted octanol–water partition coefficient (Wildman–Crippen LogP) is 3.78. The van der Waals surface area contributed by atoms with Crippen molar-refractivity contribution in [3.8, 4) is 11.5 Å². The Kier molecular flexibility index (Phi) is 9.17. The van der Waals surface area contributed by atoms with Gasteiger partial charge in [-0.05, 0) is 36.4 Å². The molecule has 2 saturated heterocycles. The number of hydrogen-bond donors (Lipinski definition) is 0. The molecule has 0 N–H and O–H groups in total. The lowest BCUT2D eigenvalue weighted by molar-refractivity contribution is -0.0249. The topological polar surface area (TPSA) is 112 Å². The van der Waals surface area contributed by atoms with E-state index in [1.807, 2.05) is 60.7 Å². The van der Waals surface area contributed by atoms with E-state index in [-0.39, 0.29) is 62.4 Å². The first-order chi connectivity index (χ1) is 21.3. The van der Waals surface area contributed by atoms with Gasteiger partial charge in [0.1, 0.15) is 36.9 Å². The Labute approximate surface area is 257 Å². The van der Waals surface area contributed by atoms with Crippen LogP contribution in [0.1, 0.15) is 0 Å². The Balaban J connectivity index is 1.21. The Bertz CT molecular complexity index is 1650. The van der Waals surface area contributed by atoms with Gasteiger partial charge < -0.3 is 18.9 Å². The molecule has 2 fully saturated rings. The number of nitrogens with zero attached hydrogens (tertiary/aromatic N) is 2. The molecule has 12 heteroatoms. The highest BCUT2D eigenvalue weighted by Gasteiger charge is 2.35. The van der Waals surface area contributed by atoms with Crippen molar-refractivity contribution in [1.82, 2.24) is 8.61 Å². The first-order valence-corrected chi connectivity index (χ1v) is 17.3. The maximum Gasteiger partial charge on any atom is 0.243 e. The number of rotatable bonds is 10. The zero-order valence-corrected chi connectivity index (χ0v) is 25.7. The van der Waals surface area contributed by atoms with Crippen LogP contribution in [0, 0.1) is 0 Å². The first-order valence-electron chi connectivity index (χ1n) is 14.4. The number of benzene rings is 4. The van der Waals surface area contributed by atoms with Crippen molar-refractivity contribution in [3.05, 3.63) is 97.1 Å². The zero-order chi connectivity index (χ0) is 30.6. The number of fused-ring (bicyclic) bond motifs is 1. The molecule has 0 spiro atoms. The van der Waals surface area contributed by atoms with Crippen LogP contribution in [-0.2, 0) is 29.5 Å². The van der Waals surface area contributed by atoms with Crippen LogP contribution in [0.5, 0.6) is 11.5 Å². The molecule has 0 radical (unpaired) electrons. The van der Waals surface area contributed by atoms with Crippen molar-refractivity contribution in [1.29, 1.82) is 0 Å². The lowest BCUT2D eigenvalue weighted by atomic mass is 10.1. The maximum absolute atomic E-state index is 14.0. The van der Waals surface area contributed by atoms with E-state index in [2.05, 4.69) is 0 Å². The van der Waals surface area contributed by atoms with Crippen LogP contribution in [0.4, 0.5) is 0 Å². The fourth-order valence-corrected chi connectivity index (χ4v) is 8.74. The molecule has 10 nitrogen and oxygen atoms in total. The molecule has 6 rings (SSSR count). The van der Waals surface area contributed by atoms with E-state index in [1.165, 1.54) is 20.7 Å². The summed E-state index contributed by atoms with van der Waals surface area (Å²) in [5.41, 5.74) is 0. The van der Waals surface area contributed by atoms with Gasteiger partial charge in [0.25, 0.3) is 0 Å². The summed E-state index contributed by atoms with van der Waals surface area (Å²) < 4.78 is 81.8. The fourth-order valence-electron chi connectivity index (χ4n) is 5.41. The first kappa shape index (κ1) is 30.5. The van der Waals surface area contributed by atoms with Gasteiger partial charge in [-0.25, -0.2) is 16.8 Å². The van der Waals surface area contributed by atoms with E-state index < -0.39 is 32.3 Å². The Morgan fingerprint density at radius 1 is 0.568 bits per heavy atom. The minimum Gasteiger partial charge on any atom is -0.491 e. The highest BCUT2D eigenvalue weighted by atomic mass is 32.2. The largest absolute Gasteiger partial charge is 0.491 e. The van der Waals surface area contributed by atoms with Crippen molar-refractivity contribution in [3.63, 3.8) is 0 Å². The Morgan fingerprint density at radius 3 is 1.39 bits per heavy atom. The number of hydrogen-bond acceptors (Lipinski definition) is 8. The fraction of sp³-hybridized carbons (Fsp3) is 0.312. The number of para-hydroxylation sites is 2. The summed E-state index contributed by atoms with van der Waals surface area (Å²) in [5, 5.41) is 0.684. The van der Waals surface area contributed by atoms with Crippen LogP contribution >= 0.6 is 0 Å². The normalized spacial score (nSPS) is 20.4. The van der Waals surface area contributed by atoms with Gasteiger partial charge in [0.05, 0.1) is 23.0 Å². The molecule has 4 aromatic rings. The van der Waals surface area contributed by atoms with Gasteiger partial charge in [0.2, 0.25) is 20.0 Å². The van der Waals surface area contributed by atoms with Crippen LogP contribution in [0.2, 0.25) is 0 Å². The van der Waals surface area contributed by atoms with Crippen molar-refractivity contribution in [2.24, 2.45) is 0 Å². The van der Waals surface area contributed by atoms with Crippen LogP contribution in [0.3, 0.4) is 0 Å². The van der Waals surface area contributed by atoms with Crippen LogP contribution in [0.25, 0.3) is 10.8 Å². The van der Waals surface area contributed by atoms with Gasteiger partial charge >= 0.3 is 0 Å². The van der Waals surface area contributed by atoms with Crippen molar-refractivity contribution >= 4 is 30.8 Å². The minimum absolute atomic E-state index is 0.0489. The number of morpholine rings is 2. The summed E-state index contributed by atoms with van der Waals surface area (Å²) in [4.78, 5) is 0.0978. The van der Waals surface area contributed by atoms with E-state index in [0.29, 0.717) is 22.3 Å². The van der Waals surface area contributed by atoms with Gasteiger partial charge in [-0.3, -0.25) is 0 Å². The van der Waals surface area contributed by atoms with Crippen LogP contribution < -0.4 is 9.47 Å². The highest BCUT2D eigenvalue weighted by molar-refractivity contribution is 7.89. The van der Waals surface area contributed by atoms with E-state index in [4.69, 9.17) is 18.9 Å². The summed E-state index contributed by atoms with van der Waals surface area (Å²) in [6.45, 7) is 1.43.